The highest BCUT2D eigenvalue weighted by Crippen LogP contribution is 2.26. The molecule has 2 aliphatic heterocycles. The average Bonchev–Trinajstić information content (AvgIpc) is 2.89. The molecular formula is C14H28N2O2S2. The Morgan fingerprint density at radius 3 is 2.50 bits per heavy atom. The molecule has 0 aromatic rings. The third-order valence-corrected chi connectivity index (χ3v) is 7.07. The maximum atomic E-state index is 11.8. The first-order chi connectivity index (χ1) is 9.46. The van der Waals surface area contributed by atoms with Crippen molar-refractivity contribution in [1.29, 1.82) is 0 Å². The van der Waals surface area contributed by atoms with Crippen molar-refractivity contribution in [1.82, 2.24) is 9.62 Å². The topological polar surface area (TPSA) is 49.4 Å². The second-order valence-electron chi connectivity index (χ2n) is 6.52. The predicted octanol–water partition coefficient (Wildman–Crippen LogP) is 1.78. The zero-order valence-electron chi connectivity index (χ0n) is 12.7. The van der Waals surface area contributed by atoms with Crippen LogP contribution in [0.3, 0.4) is 0 Å². The lowest BCUT2D eigenvalue weighted by molar-refractivity contribution is 0.145. The molecule has 4 nitrogen and oxygen atoms in total. The van der Waals surface area contributed by atoms with E-state index in [-0.39, 0.29) is 11.7 Å². The molecule has 0 bridgehead atoms. The maximum absolute atomic E-state index is 11.8. The minimum atomic E-state index is -3.08. The first-order valence-corrected chi connectivity index (χ1v) is 10.6. The van der Waals surface area contributed by atoms with Crippen molar-refractivity contribution in [3.63, 3.8) is 0 Å². The quantitative estimate of drug-likeness (QED) is 0.810. The van der Waals surface area contributed by atoms with E-state index in [1.165, 1.54) is 17.9 Å². The Labute approximate surface area is 128 Å². The van der Waals surface area contributed by atoms with Crippen LogP contribution in [0, 0.1) is 11.8 Å². The van der Waals surface area contributed by atoms with Gasteiger partial charge in [-0.25, -0.2) is 13.1 Å². The third-order valence-electron chi connectivity index (χ3n) is 4.22. The lowest BCUT2D eigenvalue weighted by atomic mass is 9.96. The maximum Gasteiger partial charge on any atom is 0.211 e. The minimum absolute atomic E-state index is 0.189. The smallest absolute Gasteiger partial charge is 0.211 e. The monoisotopic (exact) mass is 320 g/mol. The highest BCUT2D eigenvalue weighted by molar-refractivity contribution is 7.99. The van der Waals surface area contributed by atoms with Crippen molar-refractivity contribution in [3.05, 3.63) is 0 Å². The molecule has 118 valence electrons. The van der Waals surface area contributed by atoms with Crippen LogP contribution in [0.25, 0.3) is 0 Å². The molecule has 0 radical (unpaired) electrons. The zero-order valence-corrected chi connectivity index (χ0v) is 14.3. The van der Waals surface area contributed by atoms with E-state index in [1.54, 1.807) is 0 Å². The van der Waals surface area contributed by atoms with Crippen LogP contribution in [0.1, 0.15) is 33.1 Å². The molecular weight excluding hydrogens is 292 g/mol. The molecule has 2 aliphatic rings. The van der Waals surface area contributed by atoms with Crippen LogP contribution >= 0.6 is 11.8 Å². The van der Waals surface area contributed by atoms with Gasteiger partial charge in [-0.2, -0.15) is 11.8 Å². The molecule has 2 fully saturated rings. The summed E-state index contributed by atoms with van der Waals surface area (Å²) in [6.45, 7) is 6.79. The molecule has 6 heteroatoms. The lowest BCUT2D eigenvalue weighted by Gasteiger charge is -2.35. The van der Waals surface area contributed by atoms with Crippen molar-refractivity contribution in [2.24, 2.45) is 11.8 Å². The molecule has 0 amide bonds. The summed E-state index contributed by atoms with van der Waals surface area (Å²) in [5.41, 5.74) is 0. The number of likely N-dealkylation sites (tertiary alicyclic amines) is 1. The first-order valence-electron chi connectivity index (χ1n) is 7.75. The molecule has 1 atom stereocenters. The molecule has 0 aromatic heterocycles. The van der Waals surface area contributed by atoms with E-state index < -0.39 is 10.0 Å². The molecule has 2 rings (SSSR count). The predicted molar refractivity (Wildman–Crippen MR) is 86.7 cm³/mol. The van der Waals surface area contributed by atoms with Gasteiger partial charge in [0.05, 0.1) is 5.75 Å². The van der Waals surface area contributed by atoms with Gasteiger partial charge >= 0.3 is 0 Å². The fraction of sp³-hybridized carbons (Fsp3) is 1.00. The number of hydrogen-bond acceptors (Lipinski definition) is 4. The first kappa shape index (κ1) is 16.6. The van der Waals surface area contributed by atoms with Gasteiger partial charge in [-0.3, -0.25) is 4.90 Å². The summed E-state index contributed by atoms with van der Waals surface area (Å²) in [6.07, 6.45) is 3.59. The average molecular weight is 321 g/mol. The van der Waals surface area contributed by atoms with Crippen molar-refractivity contribution < 1.29 is 8.42 Å². The van der Waals surface area contributed by atoms with E-state index in [0.717, 1.165) is 32.0 Å². The van der Waals surface area contributed by atoms with E-state index in [9.17, 15) is 8.42 Å². The standard InChI is InChI=1S/C14H28N2O2S2/c1-12(2)11-20(17,18)15-9-13-3-6-16(7-4-13)14-5-8-19-10-14/h12-15H,3-11H2,1-2H3. The highest BCUT2D eigenvalue weighted by Gasteiger charge is 2.27. The molecule has 0 saturated carbocycles. The molecule has 0 aromatic carbocycles. The summed E-state index contributed by atoms with van der Waals surface area (Å²) in [5.74, 6) is 3.53. The Bertz CT molecular complexity index is 384. The van der Waals surface area contributed by atoms with Crippen molar-refractivity contribution in [3.8, 4) is 0 Å². The summed E-state index contributed by atoms with van der Waals surface area (Å²) in [6, 6.07) is 0.776. The molecule has 0 aliphatic carbocycles. The van der Waals surface area contributed by atoms with Crippen LogP contribution < -0.4 is 4.72 Å². The summed E-state index contributed by atoms with van der Waals surface area (Å²) in [4.78, 5) is 2.61. The van der Waals surface area contributed by atoms with Crippen molar-refractivity contribution in [2.75, 3.05) is 36.9 Å². The Morgan fingerprint density at radius 2 is 1.95 bits per heavy atom. The Morgan fingerprint density at radius 1 is 1.25 bits per heavy atom. The molecule has 1 unspecified atom stereocenters. The Hall–Kier alpha value is 0.220. The number of hydrogen-bond donors (Lipinski definition) is 1. The van der Waals surface area contributed by atoms with Crippen LogP contribution in [0.15, 0.2) is 0 Å². The molecule has 2 saturated heterocycles. The molecule has 1 N–H and O–H groups in total. The van der Waals surface area contributed by atoms with Crippen molar-refractivity contribution >= 4 is 21.8 Å². The summed E-state index contributed by atoms with van der Waals surface area (Å²) in [5, 5.41) is 0. The van der Waals surface area contributed by atoms with E-state index in [0.29, 0.717) is 12.5 Å². The number of thioether (sulfide) groups is 1. The summed E-state index contributed by atoms with van der Waals surface area (Å²) >= 11 is 2.06. The second kappa shape index (κ2) is 7.47. The third kappa shape index (κ3) is 5.20. The Balaban J connectivity index is 1.69. The number of nitrogens with one attached hydrogen (secondary N) is 1. The zero-order chi connectivity index (χ0) is 14.6. The van der Waals surface area contributed by atoms with Crippen LogP contribution in [0.4, 0.5) is 0 Å². The van der Waals surface area contributed by atoms with Gasteiger partial charge in [0.15, 0.2) is 0 Å². The van der Waals surface area contributed by atoms with E-state index in [2.05, 4.69) is 21.4 Å². The van der Waals surface area contributed by atoms with Gasteiger partial charge in [0, 0.05) is 18.3 Å². The van der Waals surface area contributed by atoms with Crippen molar-refractivity contribution in [2.45, 2.75) is 39.2 Å². The minimum Gasteiger partial charge on any atom is -0.300 e. The fourth-order valence-corrected chi connectivity index (χ4v) is 5.81. The van der Waals surface area contributed by atoms with Gasteiger partial charge in [0.25, 0.3) is 0 Å². The summed E-state index contributed by atoms with van der Waals surface area (Å²) in [7, 11) is -3.08. The lowest BCUT2D eigenvalue weighted by Crippen LogP contribution is -2.44. The number of sulfonamides is 1. The van der Waals surface area contributed by atoms with Gasteiger partial charge in [-0.05, 0) is 49.9 Å². The second-order valence-corrected chi connectivity index (χ2v) is 9.52. The van der Waals surface area contributed by atoms with E-state index >= 15 is 0 Å². The van der Waals surface area contributed by atoms with Gasteiger partial charge in [0.2, 0.25) is 10.0 Å². The van der Waals surface area contributed by atoms with Crippen LogP contribution in [0.5, 0.6) is 0 Å². The molecule has 2 heterocycles. The normalized spacial score (nSPS) is 26.4. The largest absolute Gasteiger partial charge is 0.300 e. The number of nitrogens with zero attached hydrogens (tertiary/aromatic N) is 1. The SMILES string of the molecule is CC(C)CS(=O)(=O)NCC1CCN(C2CCSC2)CC1. The summed E-state index contributed by atoms with van der Waals surface area (Å²) < 4.78 is 26.5. The number of rotatable bonds is 6. The van der Waals surface area contributed by atoms with Crippen LogP contribution in [-0.4, -0.2) is 56.3 Å². The van der Waals surface area contributed by atoms with E-state index in [1.807, 2.05) is 13.8 Å². The van der Waals surface area contributed by atoms with Crippen LogP contribution in [-0.2, 0) is 10.0 Å². The fourth-order valence-electron chi connectivity index (χ4n) is 3.07. The van der Waals surface area contributed by atoms with Gasteiger partial charge in [0.1, 0.15) is 0 Å². The van der Waals surface area contributed by atoms with Gasteiger partial charge in [-0.15, -0.1) is 0 Å². The van der Waals surface area contributed by atoms with Crippen LogP contribution in [0.2, 0.25) is 0 Å². The highest BCUT2D eigenvalue weighted by atomic mass is 32.2. The molecule has 0 spiro atoms. The van der Waals surface area contributed by atoms with Gasteiger partial charge < -0.3 is 0 Å². The van der Waals surface area contributed by atoms with E-state index in [4.69, 9.17) is 0 Å². The molecule has 20 heavy (non-hydrogen) atoms. The Kier molecular flexibility index (Phi) is 6.20. The van der Waals surface area contributed by atoms with Gasteiger partial charge in [-0.1, -0.05) is 13.8 Å². The number of piperidine rings is 1.